The number of phosphoric ester groups is 1. The van der Waals surface area contributed by atoms with Crippen LogP contribution >= 0.6 is 7.82 Å². The minimum atomic E-state index is -5.11. The number of carbonyl (C=O) groups is 2. The van der Waals surface area contributed by atoms with Crippen LogP contribution in [-0.2, 0) is 32.7 Å². The summed E-state index contributed by atoms with van der Waals surface area (Å²) < 4.78 is 33.4. The monoisotopic (exact) mass is 809 g/mol. The van der Waals surface area contributed by atoms with Crippen LogP contribution in [-0.4, -0.2) is 98.3 Å². The number of aliphatic hydroxyl groups excluding tert-OH is 5. The van der Waals surface area contributed by atoms with Crippen molar-refractivity contribution in [1.82, 2.24) is 0 Å². The van der Waals surface area contributed by atoms with Crippen molar-refractivity contribution in [3.8, 4) is 0 Å². The highest BCUT2D eigenvalue weighted by Gasteiger charge is 2.51. The van der Waals surface area contributed by atoms with Crippen LogP contribution in [0.4, 0.5) is 0 Å². The molecule has 1 aliphatic rings. The van der Waals surface area contributed by atoms with Crippen molar-refractivity contribution in [2.24, 2.45) is 0 Å². The molecule has 1 saturated carbocycles. The average Bonchev–Trinajstić information content (AvgIpc) is 3.16. The highest BCUT2D eigenvalue weighted by Crippen LogP contribution is 2.47. The fraction of sp³-hybridized carbons (Fsp3) is 0.902. The minimum Gasteiger partial charge on any atom is -0.462 e. The number of unbranched alkanes of at least 4 members (excludes halogenated alkanes) is 21. The van der Waals surface area contributed by atoms with Gasteiger partial charge < -0.3 is 39.9 Å². The SMILES string of the molecule is CCCC/C=C/CCCCCCCC(=O)OC[C@H](COP(=O)(O)OC1C(O)C(O)C(O)[C@@H](O)C1O)OC(=O)CCCCCCCCCCCCCCCCC. The third-order valence-corrected chi connectivity index (χ3v) is 11.1. The molecule has 0 amide bonds. The molecule has 1 rings (SSSR count). The fourth-order valence-corrected chi connectivity index (χ4v) is 7.53. The van der Waals surface area contributed by atoms with Crippen LogP contribution in [0.1, 0.15) is 181 Å². The van der Waals surface area contributed by atoms with Crippen LogP contribution in [0.2, 0.25) is 0 Å². The van der Waals surface area contributed by atoms with E-state index >= 15 is 0 Å². The first-order chi connectivity index (χ1) is 26.4. The first-order valence-corrected chi connectivity index (χ1v) is 23.0. The van der Waals surface area contributed by atoms with Crippen molar-refractivity contribution in [3.63, 3.8) is 0 Å². The second kappa shape index (κ2) is 32.5. The molecule has 0 aliphatic heterocycles. The molecule has 14 heteroatoms. The van der Waals surface area contributed by atoms with Crippen molar-refractivity contribution in [1.29, 1.82) is 0 Å². The topological polar surface area (TPSA) is 210 Å². The number of rotatable bonds is 35. The molecule has 6 unspecified atom stereocenters. The van der Waals surface area contributed by atoms with Gasteiger partial charge in [0.25, 0.3) is 0 Å². The number of hydrogen-bond donors (Lipinski definition) is 6. The van der Waals surface area contributed by atoms with Crippen LogP contribution in [0.15, 0.2) is 12.2 Å². The van der Waals surface area contributed by atoms with E-state index < -0.39 is 75.7 Å². The lowest BCUT2D eigenvalue weighted by atomic mass is 9.85. The molecule has 0 radical (unpaired) electrons. The number of aliphatic hydroxyl groups is 5. The Morgan fingerprint density at radius 3 is 1.44 bits per heavy atom. The van der Waals surface area contributed by atoms with Gasteiger partial charge in [0.15, 0.2) is 6.10 Å². The third-order valence-electron chi connectivity index (χ3n) is 10.1. The summed E-state index contributed by atoms with van der Waals surface area (Å²) in [6.07, 6.45) is 18.5. The van der Waals surface area contributed by atoms with Gasteiger partial charge in [-0.2, -0.15) is 0 Å². The second-order valence-corrected chi connectivity index (χ2v) is 16.6. The molecule has 0 heterocycles. The Morgan fingerprint density at radius 2 is 0.945 bits per heavy atom. The van der Waals surface area contributed by atoms with Gasteiger partial charge in [-0.1, -0.05) is 148 Å². The van der Waals surface area contributed by atoms with E-state index in [9.17, 15) is 44.6 Å². The van der Waals surface area contributed by atoms with Gasteiger partial charge in [0.2, 0.25) is 0 Å². The van der Waals surface area contributed by atoms with E-state index in [1.54, 1.807) is 0 Å². The molecule has 0 aromatic carbocycles. The van der Waals surface area contributed by atoms with E-state index in [2.05, 4.69) is 26.0 Å². The summed E-state index contributed by atoms with van der Waals surface area (Å²) in [4.78, 5) is 35.5. The maximum Gasteiger partial charge on any atom is 0.472 e. The van der Waals surface area contributed by atoms with Crippen LogP contribution in [0, 0.1) is 0 Å². The summed E-state index contributed by atoms with van der Waals surface area (Å²) in [5.41, 5.74) is 0. The lowest BCUT2D eigenvalue weighted by Crippen LogP contribution is -2.64. The molecule has 0 aromatic rings. The van der Waals surface area contributed by atoms with Crippen molar-refractivity contribution >= 4 is 19.8 Å². The van der Waals surface area contributed by atoms with Gasteiger partial charge in [0.05, 0.1) is 6.61 Å². The molecule has 0 bridgehead atoms. The molecule has 6 N–H and O–H groups in total. The molecular weight excluding hydrogens is 731 g/mol. The summed E-state index contributed by atoms with van der Waals surface area (Å²) in [5.74, 6) is -1.10. The predicted molar refractivity (Wildman–Crippen MR) is 212 cm³/mol. The maximum absolute atomic E-state index is 12.8. The molecule has 55 heavy (non-hydrogen) atoms. The molecule has 0 saturated heterocycles. The normalized spacial score (nSPS) is 23.1. The van der Waals surface area contributed by atoms with Crippen LogP contribution < -0.4 is 0 Å². The number of phosphoric acid groups is 1. The number of hydrogen-bond acceptors (Lipinski definition) is 12. The Labute approximate surface area is 331 Å². The van der Waals surface area contributed by atoms with Gasteiger partial charge >= 0.3 is 19.8 Å². The average molecular weight is 809 g/mol. The Bertz CT molecular complexity index is 1030. The molecule has 1 aliphatic carbocycles. The largest absolute Gasteiger partial charge is 0.472 e. The van der Waals surface area contributed by atoms with Gasteiger partial charge in [-0.15, -0.1) is 0 Å². The zero-order valence-electron chi connectivity index (χ0n) is 34.0. The fourth-order valence-electron chi connectivity index (χ4n) is 6.56. The van der Waals surface area contributed by atoms with Crippen LogP contribution in [0.25, 0.3) is 0 Å². The van der Waals surface area contributed by atoms with Gasteiger partial charge in [0.1, 0.15) is 43.2 Å². The summed E-state index contributed by atoms with van der Waals surface area (Å²) >= 11 is 0. The number of ether oxygens (including phenoxy) is 2. The number of esters is 2. The zero-order valence-corrected chi connectivity index (χ0v) is 34.9. The molecule has 1 fully saturated rings. The van der Waals surface area contributed by atoms with Crippen LogP contribution in [0.5, 0.6) is 0 Å². The van der Waals surface area contributed by atoms with E-state index in [0.717, 1.165) is 57.8 Å². The van der Waals surface area contributed by atoms with Crippen molar-refractivity contribution in [2.45, 2.75) is 224 Å². The highest BCUT2D eigenvalue weighted by molar-refractivity contribution is 7.47. The third kappa shape index (κ3) is 25.5. The summed E-state index contributed by atoms with van der Waals surface area (Å²) in [6.45, 7) is 3.24. The summed E-state index contributed by atoms with van der Waals surface area (Å²) in [5, 5.41) is 50.0. The Morgan fingerprint density at radius 1 is 0.545 bits per heavy atom. The second-order valence-electron chi connectivity index (χ2n) is 15.2. The molecule has 324 valence electrons. The lowest BCUT2D eigenvalue weighted by Gasteiger charge is -2.41. The first kappa shape index (κ1) is 51.6. The van der Waals surface area contributed by atoms with E-state index in [-0.39, 0.29) is 12.8 Å². The van der Waals surface area contributed by atoms with Crippen molar-refractivity contribution in [2.75, 3.05) is 13.2 Å². The molecule has 13 nitrogen and oxygen atoms in total. The van der Waals surface area contributed by atoms with Gasteiger partial charge in [-0.3, -0.25) is 18.6 Å². The van der Waals surface area contributed by atoms with Gasteiger partial charge in [-0.05, 0) is 32.1 Å². The quantitative estimate of drug-likeness (QED) is 0.0159. The molecule has 0 spiro atoms. The lowest BCUT2D eigenvalue weighted by molar-refractivity contribution is -0.220. The Balaban J connectivity index is 2.49. The molecular formula is C41H77O13P. The molecule has 8 atom stereocenters. The van der Waals surface area contributed by atoms with E-state index in [1.807, 2.05) is 0 Å². The van der Waals surface area contributed by atoms with Gasteiger partial charge in [0, 0.05) is 12.8 Å². The van der Waals surface area contributed by atoms with E-state index in [4.69, 9.17) is 18.5 Å². The zero-order chi connectivity index (χ0) is 40.7. The minimum absolute atomic E-state index is 0.100. The smallest absolute Gasteiger partial charge is 0.462 e. The van der Waals surface area contributed by atoms with Gasteiger partial charge in [-0.25, -0.2) is 4.57 Å². The van der Waals surface area contributed by atoms with E-state index in [0.29, 0.717) is 12.8 Å². The van der Waals surface area contributed by atoms with E-state index in [1.165, 1.54) is 83.5 Å². The highest BCUT2D eigenvalue weighted by atomic mass is 31.2. The van der Waals surface area contributed by atoms with Crippen molar-refractivity contribution < 1.29 is 63.1 Å². The van der Waals surface area contributed by atoms with Crippen molar-refractivity contribution in [3.05, 3.63) is 12.2 Å². The first-order valence-electron chi connectivity index (χ1n) is 21.5. The number of allylic oxidation sites excluding steroid dienone is 2. The summed E-state index contributed by atoms with van der Waals surface area (Å²) in [6, 6.07) is 0. The maximum atomic E-state index is 12.8. The number of carbonyl (C=O) groups excluding carboxylic acids is 2. The Hall–Kier alpha value is -1.41. The Kier molecular flexibility index (Phi) is 30.5. The van der Waals surface area contributed by atoms with Crippen LogP contribution in [0.3, 0.4) is 0 Å². The standard InChI is InChI=1S/C41H77O13P/c1-3-5-7-9-11-13-15-16-17-18-20-22-24-26-28-30-35(43)53-33(31-51-34(42)29-27-25-23-21-19-14-12-10-8-6-4-2)32-52-55(49,50)54-41-39(47)37(45)36(44)38(46)40(41)48/h10,12,33,36-41,44-48H,3-9,11,13-32H2,1-2H3,(H,49,50)/b12-10+/t33-,36?,37-,38?,39?,40?,41?/m1/s1. The molecule has 0 aromatic heterocycles. The summed E-state index contributed by atoms with van der Waals surface area (Å²) in [7, 11) is -5.11. The predicted octanol–water partition coefficient (Wildman–Crippen LogP) is 7.50.